The van der Waals surface area contributed by atoms with Gasteiger partial charge in [0.15, 0.2) is 17.5 Å². The maximum atomic E-state index is 13.7. The van der Waals surface area contributed by atoms with Crippen molar-refractivity contribution in [2.75, 3.05) is 5.73 Å². The highest BCUT2D eigenvalue weighted by Gasteiger charge is 2.22. The van der Waals surface area contributed by atoms with Crippen molar-refractivity contribution in [2.24, 2.45) is 7.05 Å². The molecule has 1 heterocycles. The van der Waals surface area contributed by atoms with Crippen molar-refractivity contribution in [1.82, 2.24) is 9.78 Å². The van der Waals surface area contributed by atoms with Crippen LogP contribution in [0.2, 0.25) is 5.02 Å². The highest BCUT2D eigenvalue weighted by atomic mass is 35.5. The molecule has 0 aliphatic heterocycles. The molecule has 7 heteroatoms. The van der Waals surface area contributed by atoms with E-state index in [1.54, 1.807) is 0 Å². The van der Waals surface area contributed by atoms with Crippen LogP contribution in [0.15, 0.2) is 12.3 Å². The van der Waals surface area contributed by atoms with Gasteiger partial charge in [0, 0.05) is 12.6 Å². The Kier molecular flexibility index (Phi) is 2.74. The van der Waals surface area contributed by atoms with Crippen LogP contribution < -0.4 is 5.73 Å². The van der Waals surface area contributed by atoms with E-state index in [1.165, 1.54) is 11.7 Å². The van der Waals surface area contributed by atoms with Gasteiger partial charge in [-0.25, -0.2) is 13.2 Å². The number of halogens is 4. The molecule has 2 rings (SSSR count). The zero-order valence-corrected chi connectivity index (χ0v) is 9.39. The lowest BCUT2D eigenvalue weighted by Gasteiger charge is -2.06. The number of nitrogens with two attached hydrogens (primary N) is 1. The van der Waals surface area contributed by atoms with Crippen LogP contribution in [0, 0.1) is 17.5 Å². The van der Waals surface area contributed by atoms with Crippen molar-refractivity contribution in [1.29, 1.82) is 0 Å². The monoisotopic (exact) mass is 261 g/mol. The van der Waals surface area contributed by atoms with Gasteiger partial charge in [0.05, 0.1) is 16.8 Å². The molecular weight excluding hydrogens is 255 g/mol. The van der Waals surface area contributed by atoms with Gasteiger partial charge in [-0.05, 0) is 6.07 Å². The number of nitrogens with zero attached hydrogens (tertiary/aromatic N) is 2. The third-order valence-electron chi connectivity index (χ3n) is 2.37. The van der Waals surface area contributed by atoms with E-state index in [0.717, 1.165) is 6.20 Å². The highest BCUT2D eigenvalue weighted by Crippen LogP contribution is 2.34. The van der Waals surface area contributed by atoms with E-state index in [9.17, 15) is 13.2 Å². The number of hydrogen-bond acceptors (Lipinski definition) is 2. The number of aromatic nitrogens is 2. The smallest absolute Gasteiger partial charge is 0.169 e. The number of anilines is 1. The SMILES string of the molecule is Cn1ncc(-c2c(F)c(F)cc(Cl)c2F)c1N. The van der Waals surface area contributed by atoms with Gasteiger partial charge < -0.3 is 5.73 Å². The Bertz CT molecular complexity index is 569. The third-order valence-corrected chi connectivity index (χ3v) is 2.64. The first-order chi connectivity index (χ1) is 7.93. The normalized spacial score (nSPS) is 10.9. The van der Waals surface area contributed by atoms with Crippen LogP contribution in [-0.4, -0.2) is 9.78 Å². The summed E-state index contributed by atoms with van der Waals surface area (Å²) in [6, 6.07) is 0.572. The molecule has 0 radical (unpaired) electrons. The van der Waals surface area contributed by atoms with Crippen molar-refractivity contribution in [2.45, 2.75) is 0 Å². The van der Waals surface area contributed by atoms with E-state index in [-0.39, 0.29) is 11.4 Å². The number of rotatable bonds is 1. The molecule has 1 aromatic carbocycles. The first-order valence-electron chi connectivity index (χ1n) is 4.54. The van der Waals surface area contributed by atoms with Crippen molar-refractivity contribution in [3.8, 4) is 11.1 Å². The van der Waals surface area contributed by atoms with Gasteiger partial charge in [0.2, 0.25) is 0 Å². The first kappa shape index (κ1) is 11.8. The maximum absolute atomic E-state index is 13.7. The topological polar surface area (TPSA) is 43.8 Å². The average Bonchev–Trinajstić information content (AvgIpc) is 2.59. The second kappa shape index (κ2) is 3.96. The van der Waals surface area contributed by atoms with E-state index in [4.69, 9.17) is 17.3 Å². The highest BCUT2D eigenvalue weighted by molar-refractivity contribution is 6.31. The number of aryl methyl sites for hydroxylation is 1. The standard InChI is InChI=1S/C10H7ClF3N3/c1-17-10(15)4(3-16-17)7-8(13)5(11)2-6(12)9(7)14/h2-3H,15H2,1H3. The molecule has 0 saturated carbocycles. The van der Waals surface area contributed by atoms with Gasteiger partial charge in [0.25, 0.3) is 0 Å². The molecule has 17 heavy (non-hydrogen) atoms. The first-order valence-corrected chi connectivity index (χ1v) is 4.92. The fourth-order valence-electron chi connectivity index (χ4n) is 1.45. The lowest BCUT2D eigenvalue weighted by Crippen LogP contribution is -2.01. The molecular formula is C10H7ClF3N3. The number of benzene rings is 1. The van der Waals surface area contributed by atoms with Gasteiger partial charge >= 0.3 is 0 Å². The van der Waals surface area contributed by atoms with E-state index >= 15 is 0 Å². The molecule has 2 N–H and O–H groups in total. The van der Waals surface area contributed by atoms with Crippen molar-refractivity contribution < 1.29 is 13.2 Å². The van der Waals surface area contributed by atoms with Crippen molar-refractivity contribution in [3.63, 3.8) is 0 Å². The molecule has 2 aromatic rings. The molecule has 0 spiro atoms. The molecule has 90 valence electrons. The van der Waals surface area contributed by atoms with Crippen LogP contribution in [0.5, 0.6) is 0 Å². The molecule has 0 aliphatic rings. The molecule has 0 saturated heterocycles. The largest absolute Gasteiger partial charge is 0.383 e. The minimum Gasteiger partial charge on any atom is -0.383 e. The summed E-state index contributed by atoms with van der Waals surface area (Å²) in [5, 5.41) is 3.22. The Hall–Kier alpha value is -1.69. The Morgan fingerprint density at radius 1 is 1.29 bits per heavy atom. The maximum Gasteiger partial charge on any atom is 0.169 e. The molecule has 0 amide bonds. The van der Waals surface area contributed by atoms with Crippen LogP contribution in [-0.2, 0) is 7.05 Å². The lowest BCUT2D eigenvalue weighted by atomic mass is 10.1. The summed E-state index contributed by atoms with van der Waals surface area (Å²) in [4.78, 5) is 0. The Labute approximate surface area is 99.6 Å². The van der Waals surface area contributed by atoms with Crippen LogP contribution in [0.1, 0.15) is 0 Å². The summed E-state index contributed by atoms with van der Waals surface area (Å²) in [5.41, 5.74) is 4.93. The van der Waals surface area contributed by atoms with E-state index in [1.807, 2.05) is 0 Å². The number of nitrogen functional groups attached to an aromatic ring is 1. The van der Waals surface area contributed by atoms with Gasteiger partial charge in [-0.3, -0.25) is 4.68 Å². The lowest BCUT2D eigenvalue weighted by molar-refractivity contribution is 0.499. The Balaban J connectivity index is 2.79. The zero-order valence-electron chi connectivity index (χ0n) is 8.64. The summed E-state index contributed by atoms with van der Waals surface area (Å²) in [6.45, 7) is 0. The quantitative estimate of drug-likeness (QED) is 0.802. The molecule has 0 unspecified atom stereocenters. The molecule has 1 aromatic heterocycles. The molecule has 0 aliphatic carbocycles. The second-order valence-corrected chi connectivity index (χ2v) is 3.82. The minimum atomic E-state index is -1.34. The van der Waals surface area contributed by atoms with Crippen LogP contribution in [0.4, 0.5) is 19.0 Å². The van der Waals surface area contributed by atoms with Gasteiger partial charge in [-0.15, -0.1) is 0 Å². The Morgan fingerprint density at radius 2 is 1.94 bits per heavy atom. The third kappa shape index (κ3) is 1.74. The molecule has 3 nitrogen and oxygen atoms in total. The Morgan fingerprint density at radius 3 is 2.47 bits per heavy atom. The van der Waals surface area contributed by atoms with E-state index in [2.05, 4.69) is 5.10 Å². The van der Waals surface area contributed by atoms with Gasteiger partial charge in [-0.2, -0.15) is 5.10 Å². The zero-order chi connectivity index (χ0) is 12.7. The van der Waals surface area contributed by atoms with Crippen LogP contribution in [0.3, 0.4) is 0 Å². The summed E-state index contributed by atoms with van der Waals surface area (Å²) >= 11 is 5.45. The van der Waals surface area contributed by atoms with Crippen LogP contribution >= 0.6 is 11.6 Å². The summed E-state index contributed by atoms with van der Waals surface area (Å²) in [5.74, 6) is -3.63. The van der Waals surface area contributed by atoms with E-state index < -0.39 is 28.0 Å². The fourth-order valence-corrected chi connectivity index (χ4v) is 1.64. The van der Waals surface area contributed by atoms with E-state index in [0.29, 0.717) is 6.07 Å². The summed E-state index contributed by atoms with van der Waals surface area (Å²) < 4.78 is 41.6. The van der Waals surface area contributed by atoms with Gasteiger partial charge in [0.1, 0.15) is 5.82 Å². The predicted octanol–water partition coefficient (Wildman–Crippen LogP) is 2.74. The minimum absolute atomic E-state index is 0.0180. The van der Waals surface area contributed by atoms with Crippen LogP contribution in [0.25, 0.3) is 11.1 Å². The van der Waals surface area contributed by atoms with Gasteiger partial charge in [-0.1, -0.05) is 11.6 Å². The molecule has 0 atom stereocenters. The van der Waals surface area contributed by atoms with Crippen molar-refractivity contribution >= 4 is 17.4 Å². The molecule has 0 fully saturated rings. The summed E-state index contributed by atoms with van der Waals surface area (Å²) in [6.07, 6.45) is 1.15. The number of hydrogen-bond donors (Lipinski definition) is 1. The average molecular weight is 262 g/mol. The predicted molar refractivity (Wildman–Crippen MR) is 57.9 cm³/mol. The molecule has 0 bridgehead atoms. The summed E-state index contributed by atoms with van der Waals surface area (Å²) in [7, 11) is 1.50. The second-order valence-electron chi connectivity index (χ2n) is 3.41. The van der Waals surface area contributed by atoms with Crippen molar-refractivity contribution in [3.05, 3.63) is 34.7 Å². The fraction of sp³-hybridized carbons (Fsp3) is 0.100.